The van der Waals surface area contributed by atoms with Gasteiger partial charge in [-0.05, 0) is 24.6 Å². The molecule has 2 rings (SSSR count). The Morgan fingerprint density at radius 1 is 1.57 bits per heavy atom. The maximum Gasteiger partial charge on any atom is 0.322 e. The van der Waals surface area contributed by atoms with E-state index in [0.29, 0.717) is 6.54 Å². The first kappa shape index (κ1) is 15.0. The Balaban J connectivity index is 2.03. The maximum atomic E-state index is 13.8. The van der Waals surface area contributed by atoms with E-state index in [2.05, 4.69) is 12.2 Å². The summed E-state index contributed by atoms with van der Waals surface area (Å²) in [5, 5.41) is 11.3. The fourth-order valence-electron chi connectivity index (χ4n) is 2.34. The van der Waals surface area contributed by atoms with Crippen LogP contribution in [0, 0.1) is 17.1 Å². The fraction of sp³-hybridized carbons (Fsp3) is 0.375. The first-order chi connectivity index (χ1) is 10.2. The molecule has 0 aromatic heterocycles. The Labute approximate surface area is 123 Å². The monoisotopic (exact) mass is 287 g/mol. The van der Waals surface area contributed by atoms with Gasteiger partial charge in [0.1, 0.15) is 5.82 Å². The summed E-state index contributed by atoms with van der Waals surface area (Å²) < 4.78 is 13.8. The summed E-state index contributed by atoms with van der Waals surface area (Å²) in [7, 11) is 0. The van der Waals surface area contributed by atoms with Crippen molar-refractivity contribution in [2.75, 3.05) is 11.9 Å². The van der Waals surface area contributed by atoms with Crippen molar-refractivity contribution in [1.29, 1.82) is 5.26 Å². The van der Waals surface area contributed by atoms with Gasteiger partial charge in [0.25, 0.3) is 0 Å². The Kier molecular flexibility index (Phi) is 4.94. The Bertz CT molecular complexity index is 592. The van der Waals surface area contributed by atoms with E-state index in [1.54, 1.807) is 4.90 Å². The van der Waals surface area contributed by atoms with Crippen LogP contribution < -0.4 is 5.32 Å². The topological polar surface area (TPSA) is 56.1 Å². The van der Waals surface area contributed by atoms with Gasteiger partial charge < -0.3 is 10.2 Å². The molecule has 0 unspecified atom stereocenters. The van der Waals surface area contributed by atoms with E-state index < -0.39 is 5.82 Å². The number of anilines is 1. The normalized spacial score (nSPS) is 16.8. The molecule has 1 aliphatic heterocycles. The van der Waals surface area contributed by atoms with Crippen molar-refractivity contribution >= 4 is 11.7 Å². The molecule has 0 bridgehead atoms. The van der Waals surface area contributed by atoms with Gasteiger partial charge in [-0.2, -0.15) is 5.26 Å². The van der Waals surface area contributed by atoms with Crippen LogP contribution in [0.3, 0.4) is 0 Å². The number of unbranched alkanes of at least 4 members (excludes halogenated alkanes) is 1. The van der Waals surface area contributed by atoms with Gasteiger partial charge in [-0.1, -0.05) is 31.9 Å². The van der Waals surface area contributed by atoms with E-state index >= 15 is 0 Å². The lowest BCUT2D eigenvalue weighted by molar-refractivity contribution is 0.208. The van der Waals surface area contributed by atoms with Crippen LogP contribution in [0.4, 0.5) is 14.9 Å². The standard InChI is InChI=1S/C16H18FN3O/c1-2-3-5-13-6-4-9-20(13)16(21)19-15-8-7-12(11-18)10-14(15)17/h4,6-8,10,13H,2-3,5,9H2,1H3,(H,19,21)/t13-/m1/s1. The van der Waals surface area contributed by atoms with Gasteiger partial charge in [0.2, 0.25) is 0 Å². The molecule has 1 N–H and O–H groups in total. The third-order valence-electron chi connectivity index (χ3n) is 3.51. The first-order valence-electron chi connectivity index (χ1n) is 7.09. The smallest absolute Gasteiger partial charge is 0.314 e. The minimum Gasteiger partial charge on any atom is -0.314 e. The fourth-order valence-corrected chi connectivity index (χ4v) is 2.34. The summed E-state index contributed by atoms with van der Waals surface area (Å²) in [4.78, 5) is 13.9. The third kappa shape index (κ3) is 3.60. The summed E-state index contributed by atoms with van der Waals surface area (Å²) in [6, 6.07) is 5.63. The molecule has 0 fully saturated rings. The lowest BCUT2D eigenvalue weighted by Gasteiger charge is -2.25. The molecule has 1 aromatic rings. The van der Waals surface area contributed by atoms with E-state index in [4.69, 9.17) is 5.26 Å². The van der Waals surface area contributed by atoms with Crippen LogP contribution in [0.5, 0.6) is 0 Å². The molecule has 0 saturated heterocycles. The van der Waals surface area contributed by atoms with Gasteiger partial charge >= 0.3 is 6.03 Å². The highest BCUT2D eigenvalue weighted by Crippen LogP contribution is 2.20. The quantitative estimate of drug-likeness (QED) is 0.859. The molecule has 0 spiro atoms. The summed E-state index contributed by atoms with van der Waals surface area (Å²) in [5.74, 6) is -0.598. The molecule has 4 nitrogen and oxygen atoms in total. The number of amides is 2. The molecule has 1 atom stereocenters. The summed E-state index contributed by atoms with van der Waals surface area (Å²) in [6.45, 7) is 2.65. The molecule has 0 aliphatic carbocycles. The van der Waals surface area contributed by atoms with Crippen molar-refractivity contribution in [2.45, 2.75) is 32.2 Å². The highest BCUT2D eigenvalue weighted by Gasteiger charge is 2.24. The van der Waals surface area contributed by atoms with Gasteiger partial charge in [0.05, 0.1) is 23.4 Å². The second-order valence-electron chi connectivity index (χ2n) is 5.03. The molecule has 0 radical (unpaired) electrons. The van der Waals surface area contributed by atoms with E-state index in [-0.39, 0.29) is 23.3 Å². The molecule has 110 valence electrons. The number of halogens is 1. The second kappa shape index (κ2) is 6.89. The first-order valence-corrected chi connectivity index (χ1v) is 7.09. The zero-order valence-electron chi connectivity index (χ0n) is 12.0. The van der Waals surface area contributed by atoms with Crippen LogP contribution in [0.1, 0.15) is 31.7 Å². The Morgan fingerprint density at radius 3 is 3.05 bits per heavy atom. The number of benzene rings is 1. The number of nitriles is 1. The minimum absolute atomic E-state index is 0.0754. The number of nitrogens with one attached hydrogen (secondary N) is 1. The lowest BCUT2D eigenvalue weighted by Crippen LogP contribution is -2.39. The van der Waals surface area contributed by atoms with Crippen molar-refractivity contribution in [3.63, 3.8) is 0 Å². The van der Waals surface area contributed by atoms with E-state index in [0.717, 1.165) is 25.3 Å². The highest BCUT2D eigenvalue weighted by atomic mass is 19.1. The Hall–Kier alpha value is -2.35. The van der Waals surface area contributed by atoms with Gasteiger partial charge in [0.15, 0.2) is 0 Å². The van der Waals surface area contributed by atoms with Crippen molar-refractivity contribution in [1.82, 2.24) is 4.90 Å². The second-order valence-corrected chi connectivity index (χ2v) is 5.03. The molecule has 2 amide bonds. The Morgan fingerprint density at radius 2 is 2.38 bits per heavy atom. The van der Waals surface area contributed by atoms with Crippen LogP contribution in [0.15, 0.2) is 30.4 Å². The predicted molar refractivity (Wildman–Crippen MR) is 79.3 cm³/mol. The minimum atomic E-state index is -0.598. The zero-order valence-corrected chi connectivity index (χ0v) is 12.0. The number of hydrogen-bond donors (Lipinski definition) is 1. The van der Waals surface area contributed by atoms with Crippen molar-refractivity contribution in [2.24, 2.45) is 0 Å². The van der Waals surface area contributed by atoms with Crippen molar-refractivity contribution in [3.05, 3.63) is 41.7 Å². The number of urea groups is 1. The molecule has 1 aliphatic rings. The number of hydrogen-bond acceptors (Lipinski definition) is 2. The van der Waals surface area contributed by atoms with E-state index in [1.807, 2.05) is 18.2 Å². The van der Waals surface area contributed by atoms with Crippen molar-refractivity contribution in [3.8, 4) is 6.07 Å². The SMILES string of the molecule is CCCC[C@@H]1C=CCN1C(=O)Nc1ccc(C#N)cc1F. The number of carbonyl (C=O) groups excluding carboxylic acids is 1. The third-order valence-corrected chi connectivity index (χ3v) is 3.51. The molecule has 1 heterocycles. The zero-order chi connectivity index (χ0) is 15.2. The molecular weight excluding hydrogens is 269 g/mol. The average Bonchev–Trinajstić information content (AvgIpc) is 2.95. The molecule has 5 heteroatoms. The van der Waals surface area contributed by atoms with E-state index in [9.17, 15) is 9.18 Å². The maximum absolute atomic E-state index is 13.8. The summed E-state index contributed by atoms with van der Waals surface area (Å²) >= 11 is 0. The summed E-state index contributed by atoms with van der Waals surface area (Å²) in [5.41, 5.74) is 0.328. The van der Waals surface area contributed by atoms with Crippen LogP contribution in [0.2, 0.25) is 0 Å². The van der Waals surface area contributed by atoms with Gasteiger partial charge in [-0.15, -0.1) is 0 Å². The van der Waals surface area contributed by atoms with Crippen LogP contribution in [-0.2, 0) is 0 Å². The predicted octanol–water partition coefficient (Wildman–Crippen LogP) is 3.66. The van der Waals surface area contributed by atoms with Crippen LogP contribution in [0.25, 0.3) is 0 Å². The van der Waals surface area contributed by atoms with Crippen LogP contribution >= 0.6 is 0 Å². The van der Waals surface area contributed by atoms with Crippen molar-refractivity contribution < 1.29 is 9.18 Å². The molecule has 21 heavy (non-hydrogen) atoms. The molecule has 1 aromatic carbocycles. The number of rotatable bonds is 4. The number of nitrogens with zero attached hydrogens (tertiary/aromatic N) is 2. The summed E-state index contributed by atoms with van der Waals surface area (Å²) in [6.07, 6.45) is 7.00. The highest BCUT2D eigenvalue weighted by molar-refractivity contribution is 5.90. The largest absolute Gasteiger partial charge is 0.322 e. The van der Waals surface area contributed by atoms with Gasteiger partial charge in [-0.25, -0.2) is 9.18 Å². The number of carbonyl (C=O) groups is 1. The average molecular weight is 287 g/mol. The van der Waals surface area contributed by atoms with Gasteiger partial charge in [0, 0.05) is 6.54 Å². The van der Waals surface area contributed by atoms with E-state index in [1.165, 1.54) is 12.1 Å². The lowest BCUT2D eigenvalue weighted by atomic mass is 10.1. The molecular formula is C16H18FN3O. The van der Waals surface area contributed by atoms with Gasteiger partial charge in [-0.3, -0.25) is 0 Å². The molecule has 0 saturated carbocycles. The van der Waals surface area contributed by atoms with Crippen LogP contribution in [-0.4, -0.2) is 23.5 Å².